The average molecular weight is 489 g/mol. The van der Waals surface area contributed by atoms with Gasteiger partial charge in [-0.25, -0.2) is 0 Å². The molecule has 33 heavy (non-hydrogen) atoms. The standard InChI is InChI=1S/C25H26Cl2N2O4/c26-23-9-8-19(11-24(23)27)25-12-22(33-28-25)15-29(13-18-5-2-1-3-6-18)14-20(30)16-31-17-21-7-4-10-32-21/h1-11,20,22,30H,12-17H2. The lowest BCUT2D eigenvalue weighted by Gasteiger charge is -2.27. The summed E-state index contributed by atoms with van der Waals surface area (Å²) >= 11 is 12.2. The fourth-order valence-corrected chi connectivity index (χ4v) is 4.04. The predicted octanol–water partition coefficient (Wildman–Crippen LogP) is 5.16. The Hall–Kier alpha value is -2.35. The predicted molar refractivity (Wildman–Crippen MR) is 129 cm³/mol. The second kappa shape index (κ2) is 11.7. The molecule has 8 heteroatoms. The van der Waals surface area contributed by atoms with E-state index in [0.29, 0.717) is 42.7 Å². The topological polar surface area (TPSA) is 67.4 Å². The van der Waals surface area contributed by atoms with E-state index in [9.17, 15) is 5.11 Å². The largest absolute Gasteiger partial charge is 0.467 e. The highest BCUT2D eigenvalue weighted by Gasteiger charge is 2.26. The third-order valence-electron chi connectivity index (χ3n) is 5.30. The minimum Gasteiger partial charge on any atom is -0.467 e. The van der Waals surface area contributed by atoms with E-state index in [2.05, 4.69) is 22.2 Å². The van der Waals surface area contributed by atoms with Crippen LogP contribution in [0.15, 0.2) is 76.5 Å². The van der Waals surface area contributed by atoms with Crippen LogP contribution in [0.3, 0.4) is 0 Å². The van der Waals surface area contributed by atoms with E-state index in [1.165, 1.54) is 0 Å². The van der Waals surface area contributed by atoms with E-state index in [-0.39, 0.29) is 12.7 Å². The lowest BCUT2D eigenvalue weighted by atomic mass is 10.0. The Bertz CT molecular complexity index is 1040. The Morgan fingerprint density at radius 1 is 1.09 bits per heavy atom. The van der Waals surface area contributed by atoms with E-state index in [1.807, 2.05) is 36.4 Å². The van der Waals surface area contributed by atoms with Crippen LogP contribution in [-0.2, 0) is 22.7 Å². The number of benzene rings is 2. The normalized spacial score (nSPS) is 16.6. The molecule has 6 nitrogen and oxygen atoms in total. The zero-order chi connectivity index (χ0) is 23.0. The number of halogens is 2. The minimum atomic E-state index is -0.652. The molecule has 2 atom stereocenters. The number of hydrogen-bond acceptors (Lipinski definition) is 6. The summed E-state index contributed by atoms with van der Waals surface area (Å²) in [6.07, 6.45) is 1.47. The second-order valence-corrected chi connectivity index (χ2v) is 8.84. The van der Waals surface area contributed by atoms with Gasteiger partial charge in [-0.3, -0.25) is 4.90 Å². The lowest BCUT2D eigenvalue weighted by Crippen LogP contribution is -2.39. The van der Waals surface area contributed by atoms with Crippen molar-refractivity contribution < 1.29 is 19.1 Å². The Kier molecular flexibility index (Phi) is 8.42. The van der Waals surface area contributed by atoms with Crippen molar-refractivity contribution in [2.45, 2.75) is 31.8 Å². The fraction of sp³-hybridized carbons (Fsp3) is 0.320. The third kappa shape index (κ3) is 7.06. The number of nitrogens with zero attached hydrogens (tertiary/aromatic N) is 2. The highest BCUT2D eigenvalue weighted by molar-refractivity contribution is 6.42. The maximum atomic E-state index is 10.6. The highest BCUT2D eigenvalue weighted by atomic mass is 35.5. The SMILES string of the molecule is OC(COCc1ccco1)CN(Cc1ccccc1)CC1CC(c2ccc(Cl)c(Cl)c2)=NO1. The summed E-state index contributed by atoms with van der Waals surface area (Å²) in [4.78, 5) is 7.88. The smallest absolute Gasteiger partial charge is 0.145 e. The monoisotopic (exact) mass is 488 g/mol. The van der Waals surface area contributed by atoms with Crippen molar-refractivity contribution in [3.63, 3.8) is 0 Å². The Labute approximate surface area is 203 Å². The van der Waals surface area contributed by atoms with Crippen LogP contribution >= 0.6 is 23.2 Å². The van der Waals surface area contributed by atoms with Crippen molar-refractivity contribution in [3.05, 3.63) is 93.9 Å². The molecule has 1 aliphatic heterocycles. The summed E-state index contributed by atoms with van der Waals surface area (Å²) in [7, 11) is 0. The molecular formula is C25H26Cl2N2O4. The van der Waals surface area contributed by atoms with Crippen molar-refractivity contribution in [3.8, 4) is 0 Å². The van der Waals surface area contributed by atoms with Gasteiger partial charge in [-0.2, -0.15) is 0 Å². The summed E-state index contributed by atoms with van der Waals surface area (Å²) < 4.78 is 10.9. The summed E-state index contributed by atoms with van der Waals surface area (Å²) in [5, 5.41) is 15.9. The second-order valence-electron chi connectivity index (χ2n) is 8.03. The number of aliphatic hydroxyl groups is 1. The van der Waals surface area contributed by atoms with Gasteiger partial charge in [0, 0.05) is 31.6 Å². The van der Waals surface area contributed by atoms with Gasteiger partial charge < -0.3 is 19.1 Å². The first kappa shape index (κ1) is 23.8. The van der Waals surface area contributed by atoms with E-state index < -0.39 is 6.10 Å². The first-order chi connectivity index (χ1) is 16.1. The quantitative estimate of drug-likeness (QED) is 0.403. The van der Waals surface area contributed by atoms with Crippen molar-refractivity contribution in [1.82, 2.24) is 4.90 Å². The molecule has 174 valence electrons. The zero-order valence-electron chi connectivity index (χ0n) is 18.1. The molecule has 0 radical (unpaired) electrons. The molecule has 0 amide bonds. The van der Waals surface area contributed by atoms with Crippen molar-refractivity contribution in [2.75, 3.05) is 19.7 Å². The third-order valence-corrected chi connectivity index (χ3v) is 6.04. The number of hydrogen-bond donors (Lipinski definition) is 1. The van der Waals surface area contributed by atoms with Crippen LogP contribution < -0.4 is 0 Å². The minimum absolute atomic E-state index is 0.130. The van der Waals surface area contributed by atoms with Crippen molar-refractivity contribution >= 4 is 28.9 Å². The van der Waals surface area contributed by atoms with Gasteiger partial charge in [0.2, 0.25) is 0 Å². The van der Waals surface area contributed by atoms with Gasteiger partial charge in [0.15, 0.2) is 0 Å². The van der Waals surface area contributed by atoms with Crippen LogP contribution in [0.4, 0.5) is 0 Å². The van der Waals surface area contributed by atoms with E-state index >= 15 is 0 Å². The van der Waals surface area contributed by atoms with Gasteiger partial charge in [0.05, 0.1) is 34.7 Å². The van der Waals surface area contributed by atoms with Crippen LogP contribution in [0.25, 0.3) is 0 Å². The van der Waals surface area contributed by atoms with Gasteiger partial charge in [0.25, 0.3) is 0 Å². The van der Waals surface area contributed by atoms with Crippen LogP contribution in [0.5, 0.6) is 0 Å². The summed E-state index contributed by atoms with van der Waals surface area (Å²) in [5.74, 6) is 0.731. The molecule has 0 aliphatic carbocycles. The fourth-order valence-electron chi connectivity index (χ4n) is 3.75. The average Bonchev–Trinajstić information content (AvgIpc) is 3.49. The van der Waals surface area contributed by atoms with Crippen LogP contribution in [-0.4, -0.2) is 47.6 Å². The number of furan rings is 1. The highest BCUT2D eigenvalue weighted by Crippen LogP contribution is 2.26. The Morgan fingerprint density at radius 2 is 1.94 bits per heavy atom. The zero-order valence-corrected chi connectivity index (χ0v) is 19.6. The van der Waals surface area contributed by atoms with Crippen molar-refractivity contribution in [2.24, 2.45) is 5.16 Å². The maximum Gasteiger partial charge on any atom is 0.145 e. The van der Waals surface area contributed by atoms with Crippen LogP contribution in [0.1, 0.15) is 23.3 Å². The van der Waals surface area contributed by atoms with Gasteiger partial charge in [-0.15, -0.1) is 0 Å². The first-order valence-corrected chi connectivity index (χ1v) is 11.5. The molecule has 0 fully saturated rings. The van der Waals surface area contributed by atoms with Gasteiger partial charge in [-0.05, 0) is 29.8 Å². The Morgan fingerprint density at radius 3 is 2.70 bits per heavy atom. The first-order valence-electron chi connectivity index (χ1n) is 10.8. The number of aliphatic hydroxyl groups excluding tert-OH is 1. The molecule has 0 saturated carbocycles. The molecule has 0 saturated heterocycles. The number of ether oxygens (including phenoxy) is 1. The lowest BCUT2D eigenvalue weighted by molar-refractivity contribution is -0.00955. The molecule has 4 rings (SSSR count). The van der Waals surface area contributed by atoms with E-state index in [0.717, 1.165) is 22.6 Å². The number of oxime groups is 1. The summed E-state index contributed by atoms with van der Waals surface area (Å²) in [6.45, 7) is 2.27. The number of rotatable bonds is 11. The van der Waals surface area contributed by atoms with E-state index in [1.54, 1.807) is 18.4 Å². The molecular weight excluding hydrogens is 463 g/mol. The molecule has 1 aromatic heterocycles. The van der Waals surface area contributed by atoms with Crippen molar-refractivity contribution in [1.29, 1.82) is 0 Å². The van der Waals surface area contributed by atoms with Crippen LogP contribution in [0.2, 0.25) is 10.0 Å². The molecule has 0 bridgehead atoms. The summed E-state index contributed by atoms with van der Waals surface area (Å²) in [5.41, 5.74) is 2.89. The van der Waals surface area contributed by atoms with E-state index in [4.69, 9.17) is 37.2 Å². The molecule has 0 spiro atoms. The molecule has 2 unspecified atom stereocenters. The molecule has 2 heterocycles. The maximum absolute atomic E-state index is 10.6. The van der Waals surface area contributed by atoms with Gasteiger partial charge >= 0.3 is 0 Å². The summed E-state index contributed by atoms with van der Waals surface area (Å²) in [6, 6.07) is 19.3. The van der Waals surface area contributed by atoms with Gasteiger partial charge in [-0.1, -0.05) is 64.8 Å². The van der Waals surface area contributed by atoms with Crippen LogP contribution in [0, 0.1) is 0 Å². The van der Waals surface area contributed by atoms with Gasteiger partial charge in [0.1, 0.15) is 18.5 Å². The molecule has 1 aliphatic rings. The molecule has 2 aromatic carbocycles. The molecule has 3 aromatic rings. The molecule has 1 N–H and O–H groups in total. The Balaban J connectivity index is 1.34.